The minimum atomic E-state index is -4.18. The van der Waals surface area contributed by atoms with Gasteiger partial charge >= 0.3 is 0 Å². The van der Waals surface area contributed by atoms with E-state index in [1.54, 1.807) is 31.3 Å². The van der Waals surface area contributed by atoms with Crippen LogP contribution in [0.2, 0.25) is 0 Å². The van der Waals surface area contributed by atoms with Crippen LogP contribution >= 0.6 is 0 Å². The number of carbonyl (C=O) groups excluding carboxylic acids is 2. The van der Waals surface area contributed by atoms with Crippen molar-refractivity contribution in [2.75, 3.05) is 25.5 Å². The van der Waals surface area contributed by atoms with Gasteiger partial charge in [-0.15, -0.1) is 6.58 Å². The highest BCUT2D eigenvalue weighted by atomic mass is 32.2. The summed E-state index contributed by atoms with van der Waals surface area (Å²) in [7, 11) is -2.58. The molecule has 208 valence electrons. The zero-order valence-corrected chi connectivity index (χ0v) is 23.2. The largest absolute Gasteiger partial charge is 0.387 e. The first kappa shape index (κ1) is 27.6. The Balaban J connectivity index is 1.37. The van der Waals surface area contributed by atoms with Crippen LogP contribution in [0.3, 0.4) is 0 Å². The highest BCUT2D eigenvalue weighted by Crippen LogP contribution is 2.46. The topological polar surface area (TPSA) is 108 Å². The Kier molecular flexibility index (Phi) is 7.78. The van der Waals surface area contributed by atoms with Crippen molar-refractivity contribution in [1.29, 1.82) is 0 Å². The summed E-state index contributed by atoms with van der Waals surface area (Å²) in [4.78, 5) is 29.6. The maximum absolute atomic E-state index is 13.9. The summed E-state index contributed by atoms with van der Waals surface area (Å²) >= 11 is 0. The molecule has 1 saturated carbocycles. The standard InChI is InChI=1S/C31H34N4O4S/c1-3-24-18-31(24,30(37)34-40(38,39)28-17-11-10-16-27(28)32-2)33-29(36)26-21-35(19-22-12-6-4-7-13-22)20-25(26)23-14-8-5-9-15-23/h3-17,24-26,32H,1,18-21H2,2H3,(H,33,36)(H,34,37)/t24-,25+,26-,31-/m1/s1. The second-order valence-corrected chi connectivity index (χ2v) is 12.1. The number of rotatable bonds is 10. The van der Waals surface area contributed by atoms with E-state index in [2.05, 4.69) is 39.0 Å². The third-order valence-corrected chi connectivity index (χ3v) is 9.32. The van der Waals surface area contributed by atoms with E-state index in [0.29, 0.717) is 25.3 Å². The van der Waals surface area contributed by atoms with Gasteiger partial charge in [-0.2, -0.15) is 0 Å². The lowest BCUT2D eigenvalue weighted by atomic mass is 9.88. The van der Waals surface area contributed by atoms with Gasteiger partial charge in [0, 0.05) is 38.5 Å². The molecule has 2 aliphatic rings. The maximum Gasteiger partial charge on any atom is 0.266 e. The monoisotopic (exact) mass is 558 g/mol. The molecule has 1 heterocycles. The zero-order chi connectivity index (χ0) is 28.3. The van der Waals surface area contributed by atoms with Crippen molar-refractivity contribution in [2.24, 2.45) is 11.8 Å². The highest BCUT2D eigenvalue weighted by Gasteiger charge is 2.61. The first-order valence-electron chi connectivity index (χ1n) is 13.4. The molecule has 0 radical (unpaired) electrons. The van der Waals surface area contributed by atoms with E-state index in [1.165, 1.54) is 6.07 Å². The number of anilines is 1. The molecule has 3 aromatic rings. The molecule has 0 spiro atoms. The normalized spacial score (nSPS) is 24.2. The molecule has 1 aliphatic carbocycles. The fourth-order valence-electron chi connectivity index (χ4n) is 5.68. The number of nitrogens with one attached hydrogen (secondary N) is 3. The summed E-state index contributed by atoms with van der Waals surface area (Å²) in [6.45, 7) is 5.73. The van der Waals surface area contributed by atoms with Gasteiger partial charge in [0.1, 0.15) is 10.4 Å². The van der Waals surface area contributed by atoms with Crippen LogP contribution in [0.5, 0.6) is 0 Å². The molecule has 1 saturated heterocycles. The molecule has 2 fully saturated rings. The van der Waals surface area contributed by atoms with Crippen LogP contribution in [-0.2, 0) is 26.2 Å². The quantitative estimate of drug-likeness (QED) is 0.329. The Bertz CT molecular complexity index is 1500. The molecular weight excluding hydrogens is 524 g/mol. The fourth-order valence-corrected chi connectivity index (χ4v) is 6.94. The molecule has 1 aliphatic heterocycles. The number of carbonyl (C=O) groups is 2. The molecule has 5 rings (SSSR count). The van der Waals surface area contributed by atoms with E-state index in [0.717, 1.165) is 11.1 Å². The minimum Gasteiger partial charge on any atom is -0.387 e. The molecule has 40 heavy (non-hydrogen) atoms. The van der Waals surface area contributed by atoms with Crippen LogP contribution in [0.1, 0.15) is 23.5 Å². The Morgan fingerprint density at radius 2 is 1.62 bits per heavy atom. The first-order valence-corrected chi connectivity index (χ1v) is 14.9. The fraction of sp³-hybridized carbons (Fsp3) is 0.290. The molecule has 3 N–H and O–H groups in total. The van der Waals surface area contributed by atoms with Crippen LogP contribution < -0.4 is 15.4 Å². The number of likely N-dealkylation sites (tertiary alicyclic amines) is 1. The van der Waals surface area contributed by atoms with E-state index in [4.69, 9.17) is 0 Å². The van der Waals surface area contributed by atoms with Gasteiger partial charge in [-0.3, -0.25) is 14.5 Å². The highest BCUT2D eigenvalue weighted by molar-refractivity contribution is 7.90. The van der Waals surface area contributed by atoms with Gasteiger partial charge in [0.15, 0.2) is 0 Å². The number of benzene rings is 3. The molecule has 0 aromatic heterocycles. The van der Waals surface area contributed by atoms with Crippen LogP contribution in [0.4, 0.5) is 5.69 Å². The van der Waals surface area contributed by atoms with Crippen LogP contribution in [0, 0.1) is 11.8 Å². The van der Waals surface area contributed by atoms with E-state index in [-0.39, 0.29) is 29.1 Å². The van der Waals surface area contributed by atoms with Crippen molar-refractivity contribution in [3.8, 4) is 0 Å². The number of hydrogen-bond donors (Lipinski definition) is 3. The van der Waals surface area contributed by atoms with Gasteiger partial charge in [0.2, 0.25) is 5.91 Å². The molecule has 9 heteroatoms. The second kappa shape index (κ2) is 11.3. The van der Waals surface area contributed by atoms with Gasteiger partial charge in [-0.1, -0.05) is 78.9 Å². The lowest BCUT2D eigenvalue weighted by Crippen LogP contribution is -2.53. The molecule has 4 atom stereocenters. The van der Waals surface area contributed by atoms with Gasteiger partial charge < -0.3 is 10.6 Å². The molecule has 0 unspecified atom stereocenters. The van der Waals surface area contributed by atoms with E-state index in [9.17, 15) is 18.0 Å². The summed E-state index contributed by atoms with van der Waals surface area (Å²) in [5.41, 5.74) is 1.22. The van der Waals surface area contributed by atoms with Crippen molar-refractivity contribution in [3.05, 3.63) is 109 Å². The third-order valence-electron chi connectivity index (χ3n) is 7.93. The van der Waals surface area contributed by atoms with E-state index < -0.39 is 27.4 Å². The van der Waals surface area contributed by atoms with Crippen molar-refractivity contribution in [2.45, 2.75) is 29.3 Å². The molecule has 8 nitrogen and oxygen atoms in total. The van der Waals surface area contributed by atoms with Gasteiger partial charge in [-0.25, -0.2) is 13.1 Å². The Hall–Kier alpha value is -3.95. The van der Waals surface area contributed by atoms with E-state index >= 15 is 0 Å². The summed E-state index contributed by atoms with van der Waals surface area (Å²) in [6, 6.07) is 26.3. The second-order valence-electron chi connectivity index (χ2n) is 10.5. The minimum absolute atomic E-state index is 0.0420. The third kappa shape index (κ3) is 5.52. The van der Waals surface area contributed by atoms with Gasteiger partial charge in [-0.05, 0) is 29.7 Å². The van der Waals surface area contributed by atoms with Gasteiger partial charge in [0.25, 0.3) is 15.9 Å². The zero-order valence-electron chi connectivity index (χ0n) is 22.4. The average molecular weight is 559 g/mol. The van der Waals surface area contributed by atoms with Crippen LogP contribution in [-0.4, -0.2) is 50.8 Å². The van der Waals surface area contributed by atoms with Crippen LogP contribution in [0.25, 0.3) is 0 Å². The lowest BCUT2D eigenvalue weighted by molar-refractivity contribution is -0.131. The first-order chi connectivity index (χ1) is 19.3. The van der Waals surface area contributed by atoms with Crippen molar-refractivity contribution in [3.63, 3.8) is 0 Å². The summed E-state index contributed by atoms with van der Waals surface area (Å²) in [6.07, 6.45) is 1.88. The number of sulfonamides is 1. The van der Waals surface area contributed by atoms with Gasteiger partial charge in [0.05, 0.1) is 11.6 Å². The Morgan fingerprint density at radius 1 is 0.975 bits per heavy atom. The molecule has 2 amide bonds. The van der Waals surface area contributed by atoms with Crippen molar-refractivity contribution < 1.29 is 18.0 Å². The van der Waals surface area contributed by atoms with Crippen molar-refractivity contribution in [1.82, 2.24) is 14.9 Å². The number of hydrogen-bond acceptors (Lipinski definition) is 6. The smallest absolute Gasteiger partial charge is 0.266 e. The average Bonchev–Trinajstić information content (AvgIpc) is 3.53. The summed E-state index contributed by atoms with van der Waals surface area (Å²) < 4.78 is 28.6. The van der Waals surface area contributed by atoms with Crippen LogP contribution in [0.15, 0.2) is 102 Å². The Morgan fingerprint density at radius 3 is 2.27 bits per heavy atom. The number of para-hydroxylation sites is 1. The molecular formula is C31H34N4O4S. The predicted octanol–water partition coefficient (Wildman–Crippen LogP) is 3.51. The SMILES string of the molecule is C=C[C@@H]1C[C@]1(NC(=O)[C@@H]1CN(Cc2ccccc2)C[C@H]1c1ccccc1)C(=O)NS(=O)(=O)c1ccccc1NC. The van der Waals surface area contributed by atoms with E-state index in [1.807, 2.05) is 48.5 Å². The summed E-state index contributed by atoms with van der Waals surface area (Å²) in [5.74, 6) is -1.88. The molecule has 3 aromatic carbocycles. The summed E-state index contributed by atoms with van der Waals surface area (Å²) in [5, 5.41) is 5.81. The predicted molar refractivity (Wildman–Crippen MR) is 155 cm³/mol. The molecule has 0 bridgehead atoms. The lowest BCUT2D eigenvalue weighted by Gasteiger charge is -2.24. The maximum atomic E-state index is 13.9. The Labute approximate surface area is 235 Å². The number of nitrogens with zero attached hydrogens (tertiary/aromatic N) is 1. The number of amides is 2. The van der Waals surface area contributed by atoms with Crippen molar-refractivity contribution >= 4 is 27.5 Å².